The Morgan fingerprint density at radius 3 is 2.57 bits per heavy atom. The Bertz CT molecular complexity index is 1220. The Morgan fingerprint density at radius 2 is 1.83 bits per heavy atom. The maximum Gasteiger partial charge on any atom is 0.265 e. The fraction of sp³-hybridized carbons (Fsp3) is 0.261. The predicted molar refractivity (Wildman–Crippen MR) is 117 cm³/mol. The molecular weight excluding hydrogens is 378 g/mol. The first-order valence-corrected chi connectivity index (χ1v) is 10.2. The van der Waals surface area contributed by atoms with E-state index in [0.717, 1.165) is 36.3 Å². The number of nitrogens with one attached hydrogen (secondary N) is 1. The third-order valence-corrected chi connectivity index (χ3v) is 5.56. The van der Waals surface area contributed by atoms with Crippen LogP contribution in [0.25, 0.3) is 22.2 Å². The van der Waals surface area contributed by atoms with Crippen LogP contribution in [0.2, 0.25) is 0 Å². The molecule has 0 saturated carbocycles. The minimum atomic E-state index is -0.119. The second kappa shape index (κ2) is 7.76. The van der Waals surface area contributed by atoms with Crippen molar-refractivity contribution >= 4 is 22.7 Å². The van der Waals surface area contributed by atoms with Gasteiger partial charge in [-0.3, -0.25) is 9.36 Å². The van der Waals surface area contributed by atoms with Gasteiger partial charge in [-0.25, -0.2) is 4.68 Å². The van der Waals surface area contributed by atoms with Crippen LogP contribution in [0.4, 0.5) is 11.6 Å². The van der Waals surface area contributed by atoms with Gasteiger partial charge in [-0.15, -0.1) is 0 Å². The van der Waals surface area contributed by atoms with Crippen molar-refractivity contribution in [3.8, 4) is 11.1 Å². The van der Waals surface area contributed by atoms with Crippen molar-refractivity contribution in [3.05, 3.63) is 71.1 Å². The van der Waals surface area contributed by atoms with Gasteiger partial charge in [0.15, 0.2) is 5.65 Å². The Balaban J connectivity index is 1.48. The minimum absolute atomic E-state index is 0.105. The van der Waals surface area contributed by atoms with Crippen LogP contribution in [-0.4, -0.2) is 32.5 Å². The van der Waals surface area contributed by atoms with Gasteiger partial charge in [0.05, 0.1) is 18.8 Å². The zero-order chi connectivity index (χ0) is 20.5. The highest BCUT2D eigenvalue weighted by molar-refractivity contribution is 5.76. The maximum absolute atomic E-state index is 12.9. The fourth-order valence-electron chi connectivity index (χ4n) is 3.87. The van der Waals surface area contributed by atoms with E-state index in [1.54, 1.807) is 13.2 Å². The van der Waals surface area contributed by atoms with Crippen molar-refractivity contribution in [2.75, 3.05) is 18.5 Å². The summed E-state index contributed by atoms with van der Waals surface area (Å²) in [6.07, 6.45) is 3.56. The monoisotopic (exact) mass is 401 g/mol. The smallest absolute Gasteiger partial charge is 0.265 e. The molecule has 0 aliphatic carbocycles. The lowest BCUT2D eigenvalue weighted by atomic mass is 10.1. The lowest BCUT2D eigenvalue weighted by molar-refractivity contribution is 0.0563. The number of benzene rings is 2. The molecule has 1 aliphatic heterocycles. The molecule has 1 fully saturated rings. The van der Waals surface area contributed by atoms with Crippen molar-refractivity contribution < 1.29 is 4.74 Å². The number of hydrogen-bond acceptors (Lipinski definition) is 5. The summed E-state index contributed by atoms with van der Waals surface area (Å²) in [7, 11) is 1.72. The van der Waals surface area contributed by atoms with E-state index in [0.29, 0.717) is 23.6 Å². The number of nitrogens with zero attached hydrogens (tertiary/aromatic N) is 4. The summed E-state index contributed by atoms with van der Waals surface area (Å²) in [5.74, 6) is 0.485. The molecule has 3 heterocycles. The lowest BCUT2D eigenvalue weighted by Gasteiger charge is -2.22. The molecule has 2 aromatic heterocycles. The Kier molecular flexibility index (Phi) is 4.80. The quantitative estimate of drug-likeness (QED) is 0.562. The highest BCUT2D eigenvalue weighted by atomic mass is 16.5. The van der Waals surface area contributed by atoms with Gasteiger partial charge < -0.3 is 10.1 Å². The zero-order valence-electron chi connectivity index (χ0n) is 16.8. The number of ether oxygens (including phenoxy) is 1. The molecule has 0 spiro atoms. The molecule has 1 N–H and O–H groups in total. The van der Waals surface area contributed by atoms with Gasteiger partial charge in [0.2, 0.25) is 5.95 Å². The van der Waals surface area contributed by atoms with E-state index in [9.17, 15) is 4.79 Å². The second-order valence-electron chi connectivity index (χ2n) is 7.57. The minimum Gasteiger partial charge on any atom is -0.379 e. The van der Waals surface area contributed by atoms with Crippen LogP contribution >= 0.6 is 0 Å². The molecule has 30 heavy (non-hydrogen) atoms. The summed E-state index contributed by atoms with van der Waals surface area (Å²) in [5, 5.41) is 8.25. The predicted octanol–water partition coefficient (Wildman–Crippen LogP) is 3.89. The number of rotatable bonds is 4. The molecule has 0 unspecified atom stereocenters. The third kappa shape index (κ3) is 3.37. The first kappa shape index (κ1) is 18.6. The highest BCUT2D eigenvalue weighted by Gasteiger charge is 2.21. The van der Waals surface area contributed by atoms with Gasteiger partial charge in [-0.2, -0.15) is 10.1 Å². The Labute approximate surface area is 173 Å². The van der Waals surface area contributed by atoms with Gasteiger partial charge in [0.25, 0.3) is 5.56 Å². The molecule has 0 bridgehead atoms. The average molecular weight is 401 g/mol. The molecule has 4 aromatic rings. The molecule has 7 heteroatoms. The van der Waals surface area contributed by atoms with Crippen LogP contribution in [0.5, 0.6) is 0 Å². The molecule has 1 saturated heterocycles. The average Bonchev–Trinajstić information content (AvgIpc) is 3.23. The number of hydrogen-bond donors (Lipinski definition) is 1. The van der Waals surface area contributed by atoms with Crippen LogP contribution in [0.15, 0.2) is 65.6 Å². The largest absolute Gasteiger partial charge is 0.379 e. The summed E-state index contributed by atoms with van der Waals surface area (Å²) in [6.45, 7) is 1.37. The molecule has 2 aromatic carbocycles. The molecule has 1 atom stereocenters. The van der Waals surface area contributed by atoms with Crippen molar-refractivity contribution in [1.29, 1.82) is 0 Å². The molecule has 5 rings (SSSR count). The van der Waals surface area contributed by atoms with Crippen LogP contribution < -0.4 is 10.9 Å². The molecule has 0 radical (unpaired) electrons. The van der Waals surface area contributed by atoms with Crippen LogP contribution in [-0.2, 0) is 11.8 Å². The van der Waals surface area contributed by atoms with Gasteiger partial charge in [-0.05, 0) is 36.1 Å². The fourth-order valence-corrected chi connectivity index (χ4v) is 3.87. The summed E-state index contributed by atoms with van der Waals surface area (Å²) in [4.78, 5) is 17.6. The molecule has 0 amide bonds. The van der Waals surface area contributed by atoms with E-state index in [-0.39, 0.29) is 11.6 Å². The molecule has 152 valence electrons. The first-order chi connectivity index (χ1) is 14.7. The van der Waals surface area contributed by atoms with Gasteiger partial charge in [0, 0.05) is 19.3 Å². The summed E-state index contributed by atoms with van der Waals surface area (Å²) >= 11 is 0. The number of anilines is 2. The van der Waals surface area contributed by atoms with Gasteiger partial charge in [-0.1, -0.05) is 42.5 Å². The van der Waals surface area contributed by atoms with Crippen LogP contribution in [0, 0.1) is 0 Å². The van der Waals surface area contributed by atoms with E-state index in [1.165, 1.54) is 4.57 Å². The second-order valence-corrected chi connectivity index (χ2v) is 7.57. The normalized spacial score (nSPS) is 16.6. The summed E-state index contributed by atoms with van der Waals surface area (Å²) < 4.78 is 8.95. The SMILES string of the molecule is Cn1c(Nc2ccc(-c3ccccc3)cc2)nc2c(cnn2[C@@H]2CCCOC2)c1=O. The van der Waals surface area contributed by atoms with E-state index >= 15 is 0 Å². The van der Waals surface area contributed by atoms with E-state index in [2.05, 4.69) is 34.7 Å². The van der Waals surface area contributed by atoms with E-state index in [1.807, 2.05) is 35.0 Å². The van der Waals surface area contributed by atoms with Gasteiger partial charge in [0.1, 0.15) is 5.39 Å². The highest BCUT2D eigenvalue weighted by Crippen LogP contribution is 2.25. The molecule has 7 nitrogen and oxygen atoms in total. The molecule has 1 aliphatic rings. The topological polar surface area (TPSA) is 74.0 Å². The van der Waals surface area contributed by atoms with Crippen LogP contribution in [0.1, 0.15) is 18.9 Å². The first-order valence-electron chi connectivity index (χ1n) is 10.2. The van der Waals surface area contributed by atoms with Crippen LogP contribution in [0.3, 0.4) is 0 Å². The third-order valence-electron chi connectivity index (χ3n) is 5.56. The van der Waals surface area contributed by atoms with Crippen molar-refractivity contribution in [2.24, 2.45) is 7.05 Å². The lowest BCUT2D eigenvalue weighted by Crippen LogP contribution is -2.24. The summed E-state index contributed by atoms with van der Waals surface area (Å²) in [5.41, 5.74) is 3.63. The zero-order valence-corrected chi connectivity index (χ0v) is 16.8. The van der Waals surface area contributed by atoms with E-state index in [4.69, 9.17) is 9.72 Å². The van der Waals surface area contributed by atoms with E-state index < -0.39 is 0 Å². The molecular formula is C23H23N5O2. The summed E-state index contributed by atoms with van der Waals surface area (Å²) in [6, 6.07) is 18.4. The van der Waals surface area contributed by atoms with Crippen molar-refractivity contribution in [1.82, 2.24) is 19.3 Å². The maximum atomic E-state index is 12.9. The standard InChI is InChI=1S/C23H23N5O2/c1-27-22(29)20-14-24-28(19-8-5-13-30-15-19)21(20)26-23(27)25-18-11-9-17(10-12-18)16-6-3-2-4-7-16/h2-4,6-7,9-12,14,19H,5,8,13,15H2,1H3,(H,25,26)/t19-/m1/s1. The Hall–Kier alpha value is -3.45. The van der Waals surface area contributed by atoms with Crippen molar-refractivity contribution in [3.63, 3.8) is 0 Å². The van der Waals surface area contributed by atoms with Crippen molar-refractivity contribution in [2.45, 2.75) is 18.9 Å². The van der Waals surface area contributed by atoms with Gasteiger partial charge >= 0.3 is 0 Å². The Morgan fingerprint density at radius 1 is 1.07 bits per heavy atom. The number of aromatic nitrogens is 4. The number of fused-ring (bicyclic) bond motifs is 1.